The standard InChI is InChI=1S/C17H20ClN5O/c18-13-9-12-1-4-15(21-17(12)19-10-13)23-7-5-22(6-8-23)11-16(24)20-14-2-3-14/h1,4,9-10,14H,2-3,5-8,11H2,(H,20,24). The Kier molecular flexibility index (Phi) is 4.24. The second-order valence-electron chi connectivity index (χ2n) is 6.47. The van der Waals surface area contributed by atoms with Crippen LogP contribution in [0.5, 0.6) is 0 Å². The van der Waals surface area contributed by atoms with E-state index in [1.165, 1.54) is 0 Å². The summed E-state index contributed by atoms with van der Waals surface area (Å²) in [7, 11) is 0. The summed E-state index contributed by atoms with van der Waals surface area (Å²) in [5, 5.41) is 4.61. The van der Waals surface area contributed by atoms with Gasteiger partial charge in [0, 0.05) is 43.8 Å². The number of halogens is 1. The largest absolute Gasteiger partial charge is 0.354 e. The number of aromatic nitrogens is 2. The summed E-state index contributed by atoms with van der Waals surface area (Å²) in [6.45, 7) is 3.96. The van der Waals surface area contributed by atoms with Gasteiger partial charge in [-0.25, -0.2) is 9.97 Å². The van der Waals surface area contributed by atoms with E-state index in [2.05, 4.69) is 25.1 Å². The van der Waals surface area contributed by atoms with Gasteiger partial charge in [-0.15, -0.1) is 0 Å². The minimum Gasteiger partial charge on any atom is -0.354 e. The third-order valence-electron chi connectivity index (χ3n) is 4.50. The van der Waals surface area contributed by atoms with Crippen LogP contribution in [-0.2, 0) is 4.79 Å². The molecule has 0 spiro atoms. The zero-order valence-corrected chi connectivity index (χ0v) is 14.2. The van der Waals surface area contributed by atoms with Gasteiger partial charge in [0.05, 0.1) is 11.6 Å². The average molecular weight is 346 g/mol. The molecule has 1 aliphatic carbocycles. The third-order valence-corrected chi connectivity index (χ3v) is 4.71. The predicted molar refractivity (Wildman–Crippen MR) is 94.4 cm³/mol. The lowest BCUT2D eigenvalue weighted by molar-refractivity contribution is -0.122. The van der Waals surface area contributed by atoms with Gasteiger partial charge < -0.3 is 10.2 Å². The first-order valence-electron chi connectivity index (χ1n) is 8.36. The van der Waals surface area contributed by atoms with Crippen LogP contribution in [0.1, 0.15) is 12.8 Å². The molecule has 7 heteroatoms. The molecule has 126 valence electrons. The van der Waals surface area contributed by atoms with Gasteiger partial charge >= 0.3 is 0 Å². The van der Waals surface area contributed by atoms with Crippen molar-refractivity contribution in [1.29, 1.82) is 0 Å². The maximum Gasteiger partial charge on any atom is 0.234 e. The summed E-state index contributed by atoms with van der Waals surface area (Å²) < 4.78 is 0. The van der Waals surface area contributed by atoms with Gasteiger partial charge in [-0.1, -0.05) is 11.6 Å². The number of fused-ring (bicyclic) bond motifs is 1. The quantitative estimate of drug-likeness (QED) is 0.913. The summed E-state index contributed by atoms with van der Waals surface area (Å²) in [6, 6.07) is 6.32. The average Bonchev–Trinajstić information content (AvgIpc) is 3.39. The third kappa shape index (κ3) is 3.60. The van der Waals surface area contributed by atoms with E-state index in [1.54, 1.807) is 6.20 Å². The fourth-order valence-electron chi connectivity index (χ4n) is 2.99. The fraction of sp³-hybridized carbons (Fsp3) is 0.471. The predicted octanol–water partition coefficient (Wildman–Crippen LogP) is 1.68. The lowest BCUT2D eigenvalue weighted by Crippen LogP contribution is -2.50. The molecule has 1 N–H and O–H groups in total. The second kappa shape index (κ2) is 6.53. The van der Waals surface area contributed by atoms with Gasteiger partial charge in [-0.3, -0.25) is 9.69 Å². The number of carbonyl (C=O) groups is 1. The number of nitrogens with zero attached hydrogens (tertiary/aromatic N) is 4. The first-order chi connectivity index (χ1) is 11.7. The molecule has 4 rings (SSSR count). The Morgan fingerprint density at radius 3 is 2.79 bits per heavy atom. The molecule has 6 nitrogen and oxygen atoms in total. The van der Waals surface area contributed by atoms with Crippen LogP contribution in [0.25, 0.3) is 11.0 Å². The molecule has 2 fully saturated rings. The van der Waals surface area contributed by atoms with Crippen molar-refractivity contribution in [2.45, 2.75) is 18.9 Å². The summed E-state index contributed by atoms with van der Waals surface area (Å²) in [5.74, 6) is 1.08. The van der Waals surface area contributed by atoms with Gasteiger partial charge in [-0.05, 0) is 31.0 Å². The number of pyridine rings is 2. The van der Waals surface area contributed by atoms with Crippen molar-refractivity contribution in [3.63, 3.8) is 0 Å². The van der Waals surface area contributed by atoms with Crippen molar-refractivity contribution < 1.29 is 4.79 Å². The summed E-state index contributed by atoms with van der Waals surface area (Å²) in [6.07, 6.45) is 3.88. The van der Waals surface area contributed by atoms with Crippen molar-refractivity contribution in [2.24, 2.45) is 0 Å². The van der Waals surface area contributed by atoms with Gasteiger partial charge in [-0.2, -0.15) is 0 Å². The highest BCUT2D eigenvalue weighted by atomic mass is 35.5. The van der Waals surface area contributed by atoms with E-state index in [9.17, 15) is 4.79 Å². The molecule has 1 amide bonds. The smallest absolute Gasteiger partial charge is 0.234 e. The van der Waals surface area contributed by atoms with Gasteiger partial charge in [0.1, 0.15) is 5.82 Å². The minimum atomic E-state index is 0.149. The molecule has 0 atom stereocenters. The number of nitrogens with one attached hydrogen (secondary N) is 1. The SMILES string of the molecule is O=C(CN1CCN(c2ccc3cc(Cl)cnc3n2)CC1)NC1CC1. The van der Waals surface area contributed by atoms with Gasteiger partial charge in [0.25, 0.3) is 0 Å². The van der Waals surface area contributed by atoms with Crippen LogP contribution in [0.15, 0.2) is 24.4 Å². The van der Waals surface area contributed by atoms with E-state index in [4.69, 9.17) is 11.6 Å². The highest BCUT2D eigenvalue weighted by Crippen LogP contribution is 2.21. The maximum atomic E-state index is 11.9. The molecule has 2 aromatic heterocycles. The second-order valence-corrected chi connectivity index (χ2v) is 6.91. The number of amides is 1. The summed E-state index contributed by atoms with van der Waals surface area (Å²) in [5.41, 5.74) is 0.711. The minimum absolute atomic E-state index is 0.149. The highest BCUT2D eigenvalue weighted by molar-refractivity contribution is 6.31. The molecule has 1 saturated heterocycles. The summed E-state index contributed by atoms with van der Waals surface area (Å²) >= 11 is 5.96. The zero-order valence-electron chi connectivity index (χ0n) is 13.4. The fourth-order valence-corrected chi connectivity index (χ4v) is 3.16. The van der Waals surface area contributed by atoms with Crippen molar-refractivity contribution in [3.05, 3.63) is 29.4 Å². The maximum absolute atomic E-state index is 11.9. The van der Waals surface area contributed by atoms with Crippen LogP contribution >= 0.6 is 11.6 Å². The monoisotopic (exact) mass is 345 g/mol. The number of piperazine rings is 1. The first kappa shape index (κ1) is 15.6. The Hall–Kier alpha value is -1.92. The lowest BCUT2D eigenvalue weighted by Gasteiger charge is -2.35. The summed E-state index contributed by atoms with van der Waals surface area (Å²) in [4.78, 5) is 25.3. The molecule has 0 aromatic carbocycles. The van der Waals surface area contributed by atoms with E-state index in [0.717, 1.165) is 50.2 Å². The Morgan fingerprint density at radius 2 is 2.04 bits per heavy atom. The van der Waals surface area contributed by atoms with Crippen LogP contribution in [-0.4, -0.2) is 59.5 Å². The van der Waals surface area contributed by atoms with Crippen LogP contribution in [0.4, 0.5) is 5.82 Å². The van der Waals surface area contributed by atoms with Gasteiger partial charge in [0.2, 0.25) is 5.91 Å². The number of hydrogen-bond acceptors (Lipinski definition) is 5. The molecular formula is C17H20ClN5O. The number of carbonyl (C=O) groups excluding carboxylic acids is 1. The van der Waals surface area contributed by atoms with E-state index in [0.29, 0.717) is 23.3 Å². The molecule has 2 aliphatic rings. The van der Waals surface area contributed by atoms with Crippen LogP contribution in [0, 0.1) is 0 Å². The number of anilines is 1. The molecule has 24 heavy (non-hydrogen) atoms. The van der Waals surface area contributed by atoms with Crippen LogP contribution in [0.3, 0.4) is 0 Å². The molecule has 0 bridgehead atoms. The molecular weight excluding hydrogens is 326 g/mol. The Bertz CT molecular complexity index is 756. The van der Waals surface area contributed by atoms with E-state index in [-0.39, 0.29) is 5.91 Å². The van der Waals surface area contributed by atoms with Crippen molar-refractivity contribution >= 4 is 34.4 Å². The zero-order chi connectivity index (χ0) is 16.5. The Labute approximate surface area is 145 Å². The van der Waals surface area contributed by atoms with Crippen molar-refractivity contribution in [2.75, 3.05) is 37.6 Å². The lowest BCUT2D eigenvalue weighted by atomic mass is 10.2. The Morgan fingerprint density at radius 1 is 1.25 bits per heavy atom. The molecule has 0 radical (unpaired) electrons. The molecule has 3 heterocycles. The topological polar surface area (TPSA) is 61.4 Å². The molecule has 2 aromatic rings. The van der Waals surface area contributed by atoms with E-state index >= 15 is 0 Å². The molecule has 0 unspecified atom stereocenters. The highest BCUT2D eigenvalue weighted by Gasteiger charge is 2.25. The van der Waals surface area contributed by atoms with Crippen molar-refractivity contribution in [1.82, 2.24) is 20.2 Å². The van der Waals surface area contributed by atoms with E-state index < -0.39 is 0 Å². The Balaban J connectivity index is 1.36. The number of rotatable bonds is 4. The van der Waals surface area contributed by atoms with Crippen LogP contribution in [0.2, 0.25) is 5.02 Å². The first-order valence-corrected chi connectivity index (χ1v) is 8.74. The van der Waals surface area contributed by atoms with Gasteiger partial charge in [0.15, 0.2) is 5.65 Å². The normalized spacial score (nSPS) is 18.8. The van der Waals surface area contributed by atoms with E-state index in [1.807, 2.05) is 18.2 Å². The van der Waals surface area contributed by atoms with Crippen LogP contribution < -0.4 is 10.2 Å². The molecule has 1 saturated carbocycles. The molecule has 1 aliphatic heterocycles. The number of hydrogen-bond donors (Lipinski definition) is 1. The van der Waals surface area contributed by atoms with Crippen molar-refractivity contribution in [3.8, 4) is 0 Å².